The van der Waals surface area contributed by atoms with Gasteiger partial charge in [0.15, 0.2) is 6.61 Å². The van der Waals surface area contributed by atoms with Crippen LogP contribution in [0.5, 0.6) is 0 Å². The van der Waals surface area contributed by atoms with Gasteiger partial charge in [-0.2, -0.15) is 0 Å². The summed E-state index contributed by atoms with van der Waals surface area (Å²) in [4.78, 5) is 20.5. The number of aliphatic carboxylic acids is 1. The Morgan fingerprint density at radius 2 is 2.17 bits per heavy atom. The topological polar surface area (TPSA) is 63.6 Å². The lowest BCUT2D eigenvalue weighted by molar-refractivity contribution is -0.137. The summed E-state index contributed by atoms with van der Waals surface area (Å²) < 4.78 is 6.96. The van der Waals surface area contributed by atoms with Crippen LogP contribution in [0, 0.1) is 9.85 Å². The third kappa shape index (κ3) is 7.08. The second-order valence-corrected chi connectivity index (χ2v) is 2.09. The highest BCUT2D eigenvalue weighted by Crippen LogP contribution is 1.81. The number of carbonyl (C=O) groups is 2. The number of hydrogen-bond donors (Lipinski definition) is 1. The molecule has 5 heteroatoms. The highest BCUT2D eigenvalue weighted by molar-refractivity contribution is 14.1. The van der Waals surface area contributed by atoms with E-state index in [1.54, 1.807) is 22.6 Å². The molecule has 0 heterocycles. The number of ether oxygens (including phenoxy) is 1. The molecule has 4 nitrogen and oxygen atoms in total. The minimum Gasteiger partial charge on any atom is -0.478 e. The Hall–Kier alpha value is -1.03. The second-order valence-electron chi connectivity index (χ2n) is 1.55. The van der Waals surface area contributed by atoms with Crippen molar-refractivity contribution < 1.29 is 19.4 Å². The highest BCUT2D eigenvalue weighted by Gasteiger charge is 1.95. The molecule has 0 aliphatic rings. The average molecular weight is 280 g/mol. The molecule has 0 saturated heterocycles. The smallest absolute Gasteiger partial charge is 0.331 e. The summed E-state index contributed by atoms with van der Waals surface area (Å²) >= 11 is 1.80. The number of esters is 1. The van der Waals surface area contributed by atoms with Crippen LogP contribution < -0.4 is 0 Å². The van der Waals surface area contributed by atoms with Crippen molar-refractivity contribution in [1.29, 1.82) is 0 Å². The van der Waals surface area contributed by atoms with E-state index in [0.717, 1.165) is 6.08 Å². The molecule has 12 heavy (non-hydrogen) atoms. The van der Waals surface area contributed by atoms with Gasteiger partial charge in [0, 0.05) is 34.7 Å². The predicted molar refractivity (Wildman–Crippen MR) is 49.5 cm³/mol. The van der Waals surface area contributed by atoms with E-state index < -0.39 is 11.9 Å². The van der Waals surface area contributed by atoms with Crippen LogP contribution in [0.3, 0.4) is 0 Å². The summed E-state index contributed by atoms with van der Waals surface area (Å²) in [5, 5.41) is 8.11. The van der Waals surface area contributed by atoms with Crippen LogP contribution >= 0.6 is 22.6 Å². The van der Waals surface area contributed by atoms with Crippen molar-refractivity contribution in [3.05, 3.63) is 12.2 Å². The first kappa shape index (κ1) is 11.0. The van der Waals surface area contributed by atoms with Crippen LogP contribution in [0.15, 0.2) is 12.2 Å². The Bertz CT molecular complexity index is 258. The Morgan fingerprint density at radius 3 is 2.67 bits per heavy atom. The minimum atomic E-state index is -1.19. The molecule has 0 aromatic heterocycles. The predicted octanol–water partition coefficient (Wildman–Crippen LogP) is 0.566. The number of rotatable bonds is 3. The van der Waals surface area contributed by atoms with Gasteiger partial charge < -0.3 is 9.84 Å². The van der Waals surface area contributed by atoms with Gasteiger partial charge in [-0.3, -0.25) is 0 Å². The molecular weight excluding hydrogens is 275 g/mol. The first-order valence-corrected chi connectivity index (χ1v) is 3.91. The first-order valence-electron chi connectivity index (χ1n) is 2.83. The van der Waals surface area contributed by atoms with Gasteiger partial charge in [-0.15, -0.1) is 0 Å². The number of carboxylic acid groups (broad SMARTS) is 1. The van der Waals surface area contributed by atoms with Crippen molar-refractivity contribution >= 4 is 34.5 Å². The van der Waals surface area contributed by atoms with Crippen molar-refractivity contribution in [3.63, 3.8) is 0 Å². The fraction of sp³-hybridized carbons (Fsp3) is 0.143. The summed E-state index contributed by atoms with van der Waals surface area (Å²) in [5.41, 5.74) is 0. The molecule has 0 aromatic carbocycles. The zero-order valence-corrected chi connectivity index (χ0v) is 8.07. The van der Waals surface area contributed by atoms with Crippen LogP contribution in [0.4, 0.5) is 0 Å². The third-order valence-corrected chi connectivity index (χ3v) is 1.10. The van der Waals surface area contributed by atoms with Gasteiger partial charge in [-0.05, 0) is 3.93 Å². The molecule has 64 valence electrons. The Kier molecular flexibility index (Phi) is 6.09. The summed E-state index contributed by atoms with van der Waals surface area (Å²) in [5.74, 6) is 0.580. The number of halogens is 1. The molecule has 0 bridgehead atoms. The molecule has 0 rings (SSSR count). The molecule has 0 aliphatic carbocycles. The van der Waals surface area contributed by atoms with E-state index >= 15 is 0 Å². The van der Waals surface area contributed by atoms with Crippen molar-refractivity contribution in [2.45, 2.75) is 0 Å². The maximum Gasteiger partial charge on any atom is 0.331 e. The van der Waals surface area contributed by atoms with Gasteiger partial charge in [-0.1, -0.05) is 5.92 Å². The maximum absolute atomic E-state index is 10.6. The molecule has 0 aromatic rings. The zero-order chi connectivity index (χ0) is 9.40. The number of hydrogen-bond acceptors (Lipinski definition) is 3. The highest BCUT2D eigenvalue weighted by atomic mass is 127. The molecule has 0 radical (unpaired) electrons. The van der Waals surface area contributed by atoms with Crippen LogP contribution in [-0.2, 0) is 14.3 Å². The van der Waals surface area contributed by atoms with Gasteiger partial charge in [0.25, 0.3) is 0 Å². The molecule has 0 spiro atoms. The van der Waals surface area contributed by atoms with E-state index in [2.05, 4.69) is 14.6 Å². The second kappa shape index (κ2) is 6.67. The van der Waals surface area contributed by atoms with E-state index in [0.29, 0.717) is 6.08 Å². The normalized spacial score (nSPS) is 8.75. The van der Waals surface area contributed by atoms with E-state index in [1.807, 2.05) is 0 Å². The van der Waals surface area contributed by atoms with Gasteiger partial charge in [0.1, 0.15) is 0 Å². The Labute approximate surface area is 82.7 Å². The largest absolute Gasteiger partial charge is 0.478 e. The monoisotopic (exact) mass is 280 g/mol. The van der Waals surface area contributed by atoms with Crippen LogP contribution in [-0.4, -0.2) is 23.7 Å². The molecule has 0 fully saturated rings. The summed E-state index contributed by atoms with van der Waals surface area (Å²) in [6.45, 7) is -0.0221. The Morgan fingerprint density at radius 1 is 1.50 bits per heavy atom. The lowest BCUT2D eigenvalue weighted by Gasteiger charge is -1.91. The number of carbonyl (C=O) groups excluding carboxylic acids is 1. The summed E-state index contributed by atoms with van der Waals surface area (Å²) in [7, 11) is 0. The van der Waals surface area contributed by atoms with Crippen LogP contribution in [0.1, 0.15) is 0 Å². The first-order chi connectivity index (χ1) is 5.66. The quantitative estimate of drug-likeness (QED) is 0.355. The maximum atomic E-state index is 10.6. The average Bonchev–Trinajstić information content (AvgIpc) is 2.01. The molecular formula is C7H5IO4. The van der Waals surface area contributed by atoms with Gasteiger partial charge in [0.2, 0.25) is 0 Å². The minimum absolute atomic E-state index is 0.0221. The Balaban J connectivity index is 3.72. The van der Waals surface area contributed by atoms with E-state index in [1.165, 1.54) is 0 Å². The van der Waals surface area contributed by atoms with E-state index in [4.69, 9.17) is 5.11 Å². The van der Waals surface area contributed by atoms with Crippen LogP contribution in [0.25, 0.3) is 0 Å². The lowest BCUT2D eigenvalue weighted by atomic mass is 10.5. The summed E-state index contributed by atoms with van der Waals surface area (Å²) in [6, 6.07) is 0. The standard InChI is InChI=1S/C7H5IO4/c8-4-1-5-12-7(11)3-2-6(9)10/h2-3H,5H2,(H,9,10)/b3-2-. The number of carboxylic acids is 1. The molecule has 0 amide bonds. The molecule has 0 saturated carbocycles. The lowest BCUT2D eigenvalue weighted by Crippen LogP contribution is -2.01. The fourth-order valence-electron chi connectivity index (χ4n) is 0.322. The van der Waals surface area contributed by atoms with E-state index in [9.17, 15) is 9.59 Å². The van der Waals surface area contributed by atoms with Crippen molar-refractivity contribution in [3.8, 4) is 9.85 Å². The van der Waals surface area contributed by atoms with Crippen molar-refractivity contribution in [2.75, 3.05) is 6.61 Å². The molecule has 0 atom stereocenters. The van der Waals surface area contributed by atoms with Crippen molar-refractivity contribution in [2.24, 2.45) is 0 Å². The molecule has 0 unspecified atom stereocenters. The molecule has 0 aliphatic heterocycles. The van der Waals surface area contributed by atoms with Crippen molar-refractivity contribution in [1.82, 2.24) is 0 Å². The van der Waals surface area contributed by atoms with Gasteiger partial charge in [-0.25, -0.2) is 9.59 Å². The van der Waals surface area contributed by atoms with Gasteiger partial charge >= 0.3 is 11.9 Å². The third-order valence-electron chi connectivity index (χ3n) is 0.715. The SMILES string of the molecule is O=C(O)/C=C\C(=O)OCC#CI. The zero-order valence-electron chi connectivity index (χ0n) is 5.91. The van der Waals surface area contributed by atoms with Crippen LogP contribution in [0.2, 0.25) is 0 Å². The van der Waals surface area contributed by atoms with Gasteiger partial charge in [0.05, 0.1) is 0 Å². The fourth-order valence-corrected chi connectivity index (χ4v) is 0.478. The molecule has 1 N–H and O–H groups in total. The van der Waals surface area contributed by atoms with E-state index in [-0.39, 0.29) is 6.61 Å². The summed E-state index contributed by atoms with van der Waals surface area (Å²) in [6.07, 6.45) is 1.54.